The third-order valence-electron chi connectivity index (χ3n) is 4.80. The van der Waals surface area contributed by atoms with E-state index in [1.54, 1.807) is 6.92 Å². The van der Waals surface area contributed by atoms with Gasteiger partial charge in [-0.05, 0) is 18.8 Å². The van der Waals surface area contributed by atoms with Crippen molar-refractivity contribution in [3.8, 4) is 6.07 Å². The standard InChI is InChI=1S/C15H24F3N3O2S/c1-13-8-20(11-15(16,17)18)6-7-21(9-13)24(22,23)12-14(10-19)4-2-3-5-14/h13H,2-9,11-12H2,1H3/t13-/m0/s1. The van der Waals surface area contributed by atoms with Crippen LogP contribution in [0.1, 0.15) is 32.6 Å². The molecule has 2 fully saturated rings. The Morgan fingerprint density at radius 3 is 2.38 bits per heavy atom. The van der Waals surface area contributed by atoms with E-state index in [4.69, 9.17) is 0 Å². The molecule has 1 atom stereocenters. The van der Waals surface area contributed by atoms with E-state index < -0.39 is 28.2 Å². The molecule has 1 heterocycles. The molecule has 0 aromatic rings. The van der Waals surface area contributed by atoms with Gasteiger partial charge in [0.1, 0.15) is 0 Å². The predicted octanol–water partition coefficient (Wildman–Crippen LogP) is 2.22. The maximum absolute atomic E-state index is 12.7. The van der Waals surface area contributed by atoms with E-state index in [0.717, 1.165) is 12.8 Å². The highest BCUT2D eigenvalue weighted by molar-refractivity contribution is 7.89. The van der Waals surface area contributed by atoms with Crippen LogP contribution < -0.4 is 0 Å². The largest absolute Gasteiger partial charge is 0.401 e. The van der Waals surface area contributed by atoms with Gasteiger partial charge in [-0.3, -0.25) is 4.90 Å². The van der Waals surface area contributed by atoms with Crippen molar-refractivity contribution in [2.45, 2.75) is 38.8 Å². The van der Waals surface area contributed by atoms with Crippen molar-refractivity contribution in [2.24, 2.45) is 11.3 Å². The van der Waals surface area contributed by atoms with E-state index in [1.165, 1.54) is 9.21 Å². The summed E-state index contributed by atoms with van der Waals surface area (Å²) in [6.07, 6.45) is -1.45. The van der Waals surface area contributed by atoms with Crippen LogP contribution in [0.15, 0.2) is 0 Å². The van der Waals surface area contributed by atoms with Gasteiger partial charge in [-0.25, -0.2) is 12.7 Å². The normalized spacial score (nSPS) is 26.9. The number of halogens is 3. The molecule has 2 aliphatic rings. The third kappa shape index (κ3) is 5.07. The molecule has 24 heavy (non-hydrogen) atoms. The van der Waals surface area contributed by atoms with Gasteiger partial charge in [0.15, 0.2) is 0 Å². The number of alkyl halides is 3. The summed E-state index contributed by atoms with van der Waals surface area (Å²) in [5.74, 6) is -0.408. The number of nitrogens with zero attached hydrogens (tertiary/aromatic N) is 3. The average Bonchev–Trinajstić information content (AvgIpc) is 2.81. The zero-order valence-electron chi connectivity index (χ0n) is 13.8. The zero-order valence-corrected chi connectivity index (χ0v) is 14.7. The lowest BCUT2D eigenvalue weighted by molar-refractivity contribution is -0.146. The van der Waals surface area contributed by atoms with Gasteiger partial charge in [0.2, 0.25) is 10.0 Å². The third-order valence-corrected chi connectivity index (χ3v) is 6.84. The fourth-order valence-electron chi connectivity index (χ4n) is 3.71. The lowest BCUT2D eigenvalue weighted by Crippen LogP contribution is -2.41. The summed E-state index contributed by atoms with van der Waals surface area (Å²) in [4.78, 5) is 1.26. The second-order valence-electron chi connectivity index (χ2n) is 7.17. The van der Waals surface area contributed by atoms with Crippen LogP contribution in [0, 0.1) is 22.7 Å². The topological polar surface area (TPSA) is 64.4 Å². The smallest absolute Gasteiger partial charge is 0.293 e. The molecule has 1 aliphatic carbocycles. The molecule has 0 radical (unpaired) electrons. The van der Waals surface area contributed by atoms with E-state index in [0.29, 0.717) is 12.8 Å². The van der Waals surface area contributed by atoms with E-state index >= 15 is 0 Å². The quantitative estimate of drug-likeness (QED) is 0.764. The molecule has 1 saturated heterocycles. The van der Waals surface area contributed by atoms with Crippen LogP contribution in [0.5, 0.6) is 0 Å². The number of hydrogen-bond acceptors (Lipinski definition) is 4. The first-order valence-electron chi connectivity index (χ1n) is 8.23. The second kappa shape index (κ2) is 7.18. The maximum Gasteiger partial charge on any atom is 0.401 e. The molecule has 0 amide bonds. The van der Waals surface area contributed by atoms with Gasteiger partial charge in [0, 0.05) is 26.2 Å². The van der Waals surface area contributed by atoms with Crippen molar-refractivity contribution in [1.82, 2.24) is 9.21 Å². The summed E-state index contributed by atoms with van der Waals surface area (Å²) in [7, 11) is -3.66. The first-order chi connectivity index (χ1) is 11.1. The minimum atomic E-state index is -4.29. The van der Waals surface area contributed by atoms with Crippen LogP contribution in [0.4, 0.5) is 13.2 Å². The molecule has 1 aliphatic heterocycles. The average molecular weight is 367 g/mol. The Bertz CT molecular complexity index is 580. The highest BCUT2D eigenvalue weighted by Gasteiger charge is 2.42. The Morgan fingerprint density at radius 1 is 1.21 bits per heavy atom. The Morgan fingerprint density at radius 2 is 1.83 bits per heavy atom. The highest BCUT2D eigenvalue weighted by Crippen LogP contribution is 2.39. The summed E-state index contributed by atoms with van der Waals surface area (Å²) >= 11 is 0. The van der Waals surface area contributed by atoms with Crippen molar-refractivity contribution >= 4 is 10.0 Å². The monoisotopic (exact) mass is 367 g/mol. The van der Waals surface area contributed by atoms with E-state index in [1.807, 2.05) is 0 Å². The van der Waals surface area contributed by atoms with Crippen molar-refractivity contribution in [3.05, 3.63) is 0 Å². The first kappa shape index (κ1) is 19.5. The van der Waals surface area contributed by atoms with Gasteiger partial charge in [-0.2, -0.15) is 18.4 Å². The summed E-state index contributed by atoms with van der Waals surface area (Å²) in [6, 6.07) is 2.17. The minimum Gasteiger partial charge on any atom is -0.293 e. The molecule has 0 N–H and O–H groups in total. The Labute approximate surface area is 141 Å². The van der Waals surface area contributed by atoms with E-state index in [2.05, 4.69) is 6.07 Å². The van der Waals surface area contributed by atoms with Gasteiger partial charge in [-0.15, -0.1) is 0 Å². The molecular weight excluding hydrogens is 343 g/mol. The molecule has 1 saturated carbocycles. The van der Waals surface area contributed by atoms with Crippen LogP contribution in [-0.2, 0) is 10.0 Å². The lowest BCUT2D eigenvalue weighted by atomic mass is 9.91. The lowest BCUT2D eigenvalue weighted by Gasteiger charge is -2.27. The van der Waals surface area contributed by atoms with Crippen LogP contribution in [0.2, 0.25) is 0 Å². The molecule has 138 valence electrons. The number of sulfonamides is 1. The van der Waals surface area contributed by atoms with Gasteiger partial charge in [0.25, 0.3) is 0 Å². The predicted molar refractivity (Wildman–Crippen MR) is 83.5 cm³/mol. The van der Waals surface area contributed by atoms with Crippen molar-refractivity contribution in [2.75, 3.05) is 38.5 Å². The molecule has 0 unspecified atom stereocenters. The summed E-state index contributed by atoms with van der Waals surface area (Å²) < 4.78 is 64.5. The fraction of sp³-hybridized carbons (Fsp3) is 0.933. The first-order valence-corrected chi connectivity index (χ1v) is 9.84. The Balaban J connectivity index is 2.06. The zero-order chi connectivity index (χ0) is 18.0. The SMILES string of the molecule is C[C@H]1CN(CC(F)(F)F)CCN(S(=O)(=O)CC2(C#N)CCCC2)C1. The highest BCUT2D eigenvalue weighted by atomic mass is 32.2. The number of hydrogen-bond donors (Lipinski definition) is 0. The maximum atomic E-state index is 12.7. The number of rotatable bonds is 4. The van der Waals surface area contributed by atoms with Crippen molar-refractivity contribution in [1.29, 1.82) is 5.26 Å². The molecule has 5 nitrogen and oxygen atoms in total. The van der Waals surface area contributed by atoms with Crippen LogP contribution in [0.25, 0.3) is 0 Å². The van der Waals surface area contributed by atoms with Crippen LogP contribution >= 0.6 is 0 Å². The fourth-order valence-corrected chi connectivity index (χ4v) is 5.79. The molecule has 0 aromatic heterocycles. The van der Waals surface area contributed by atoms with Crippen molar-refractivity contribution in [3.63, 3.8) is 0 Å². The molecule has 0 aromatic carbocycles. The minimum absolute atomic E-state index is 0.0459. The van der Waals surface area contributed by atoms with Gasteiger partial charge in [0.05, 0.1) is 23.8 Å². The van der Waals surface area contributed by atoms with Gasteiger partial charge < -0.3 is 0 Å². The molecular formula is C15H24F3N3O2S. The molecule has 2 rings (SSSR count). The summed E-state index contributed by atoms with van der Waals surface area (Å²) in [6.45, 7) is 1.26. The Kier molecular flexibility index (Phi) is 5.83. The van der Waals surface area contributed by atoms with Gasteiger partial charge >= 0.3 is 6.18 Å². The van der Waals surface area contributed by atoms with Crippen LogP contribution in [-0.4, -0.2) is 62.3 Å². The van der Waals surface area contributed by atoms with Crippen LogP contribution in [0.3, 0.4) is 0 Å². The van der Waals surface area contributed by atoms with E-state index in [9.17, 15) is 26.9 Å². The molecule has 9 heteroatoms. The Hall–Kier alpha value is -0.850. The van der Waals surface area contributed by atoms with Crippen molar-refractivity contribution < 1.29 is 21.6 Å². The molecule has 0 spiro atoms. The number of nitriles is 1. The second-order valence-corrected chi connectivity index (χ2v) is 9.14. The summed E-state index contributed by atoms with van der Waals surface area (Å²) in [5.41, 5.74) is -0.833. The summed E-state index contributed by atoms with van der Waals surface area (Å²) in [5, 5.41) is 9.39. The van der Waals surface area contributed by atoms with Gasteiger partial charge in [-0.1, -0.05) is 19.8 Å². The molecule has 0 bridgehead atoms. The van der Waals surface area contributed by atoms with E-state index in [-0.39, 0.29) is 37.8 Å².